The largest absolute Gasteiger partial charge is 0.489 e. The molecule has 2 aromatic heterocycles. The highest BCUT2D eigenvalue weighted by Crippen LogP contribution is 2.36. The van der Waals surface area contributed by atoms with Gasteiger partial charge in [0.15, 0.2) is 0 Å². The molecule has 190 valence electrons. The van der Waals surface area contributed by atoms with E-state index in [2.05, 4.69) is 44.4 Å². The maximum Gasteiger partial charge on any atom is 0.220 e. The fourth-order valence-electron chi connectivity index (χ4n) is 5.57. The van der Waals surface area contributed by atoms with Gasteiger partial charge in [-0.2, -0.15) is 0 Å². The van der Waals surface area contributed by atoms with Crippen molar-refractivity contribution in [2.24, 2.45) is 5.92 Å². The molecule has 3 aromatic rings. The first kappa shape index (κ1) is 23.6. The summed E-state index contributed by atoms with van der Waals surface area (Å²) in [5.74, 6) is 1.09. The number of benzene rings is 1. The lowest BCUT2D eigenvalue weighted by Gasteiger charge is -2.41. The fraction of sp³-hybridized carbons (Fsp3) is 0.519. The number of ether oxygens (including phenoxy) is 2. The summed E-state index contributed by atoms with van der Waals surface area (Å²) in [5, 5.41) is 2.91. The summed E-state index contributed by atoms with van der Waals surface area (Å²) in [5.41, 5.74) is 5.83. The minimum Gasteiger partial charge on any atom is -0.489 e. The van der Waals surface area contributed by atoms with E-state index in [1.54, 1.807) is 11.3 Å². The molecule has 1 amide bonds. The Morgan fingerprint density at radius 3 is 2.69 bits per heavy atom. The molecule has 1 aromatic carbocycles. The lowest BCUT2D eigenvalue weighted by molar-refractivity contribution is -0.119. The summed E-state index contributed by atoms with van der Waals surface area (Å²) in [6.07, 6.45) is 4.74. The molecule has 1 N–H and O–H groups in total. The molecule has 8 nitrogen and oxygen atoms in total. The minimum absolute atomic E-state index is 0.0698. The van der Waals surface area contributed by atoms with Crippen LogP contribution in [0.1, 0.15) is 26.2 Å². The summed E-state index contributed by atoms with van der Waals surface area (Å²) in [7, 11) is 0. The number of thiazole rings is 1. The molecule has 36 heavy (non-hydrogen) atoms. The van der Waals surface area contributed by atoms with E-state index in [0.717, 1.165) is 79.5 Å². The molecule has 3 saturated heterocycles. The van der Waals surface area contributed by atoms with Crippen LogP contribution in [0.5, 0.6) is 5.75 Å². The van der Waals surface area contributed by atoms with Gasteiger partial charge in [0.2, 0.25) is 5.91 Å². The van der Waals surface area contributed by atoms with Crippen LogP contribution < -0.4 is 15.0 Å². The molecule has 0 aliphatic carbocycles. The maximum atomic E-state index is 11.7. The molecule has 5 heterocycles. The molecule has 0 bridgehead atoms. The standard InChI is InChI=1S/C27H33N5O3S/c1-18(20-14-26(33)29-15-20)35-25-13-19(12-24-27(25)36-17-30-24)23-3-2-22(16-28-23)32-8-6-31(7-9-32)21-4-10-34-11-5-21/h2-3,12-13,16-18,20-21H,4-11,14-15H2,1H3,(H,29,33)/t18-,20?/m1/s1. The molecular formula is C27H33N5O3S. The second-order valence-electron chi connectivity index (χ2n) is 10.0. The van der Waals surface area contributed by atoms with Crippen LogP contribution in [0, 0.1) is 5.92 Å². The number of pyridine rings is 1. The molecule has 3 aliphatic rings. The summed E-state index contributed by atoms with van der Waals surface area (Å²) in [6, 6.07) is 9.10. The number of piperazine rings is 1. The van der Waals surface area contributed by atoms with Crippen LogP contribution in [0.25, 0.3) is 21.5 Å². The van der Waals surface area contributed by atoms with Crippen molar-refractivity contribution in [3.63, 3.8) is 0 Å². The van der Waals surface area contributed by atoms with Gasteiger partial charge in [0.1, 0.15) is 11.9 Å². The third-order valence-corrected chi connectivity index (χ3v) is 8.67. The predicted octanol–water partition coefficient (Wildman–Crippen LogP) is 3.56. The average Bonchev–Trinajstić information content (AvgIpc) is 3.59. The number of carbonyl (C=O) groups is 1. The van der Waals surface area contributed by atoms with Crippen LogP contribution >= 0.6 is 11.3 Å². The number of nitrogens with zero attached hydrogens (tertiary/aromatic N) is 4. The lowest BCUT2D eigenvalue weighted by Crippen LogP contribution is -2.51. The Balaban J connectivity index is 1.15. The predicted molar refractivity (Wildman–Crippen MR) is 142 cm³/mol. The van der Waals surface area contributed by atoms with Crippen molar-refractivity contribution in [2.45, 2.75) is 38.3 Å². The lowest BCUT2D eigenvalue weighted by atomic mass is 10.0. The van der Waals surface area contributed by atoms with Crippen molar-refractivity contribution in [2.75, 3.05) is 50.8 Å². The van der Waals surface area contributed by atoms with Crippen LogP contribution in [0.15, 0.2) is 36.0 Å². The van der Waals surface area contributed by atoms with E-state index in [-0.39, 0.29) is 17.9 Å². The van der Waals surface area contributed by atoms with Crippen LogP contribution in [0.2, 0.25) is 0 Å². The van der Waals surface area contributed by atoms with Crippen molar-refractivity contribution >= 4 is 33.1 Å². The maximum absolute atomic E-state index is 11.7. The highest BCUT2D eigenvalue weighted by atomic mass is 32.1. The van der Waals surface area contributed by atoms with Gasteiger partial charge in [-0.25, -0.2) is 4.98 Å². The molecule has 0 spiro atoms. The fourth-order valence-corrected chi connectivity index (χ4v) is 6.30. The smallest absolute Gasteiger partial charge is 0.220 e. The van der Waals surface area contributed by atoms with Crippen LogP contribution in [0.3, 0.4) is 0 Å². The summed E-state index contributed by atoms with van der Waals surface area (Å²) in [6.45, 7) is 8.73. The SMILES string of the molecule is C[C@@H](Oc1cc(-c2ccc(N3CCN(C4CCOCC4)CC3)cn2)cc2ncsc12)C1CNC(=O)C1. The van der Waals surface area contributed by atoms with Crippen molar-refractivity contribution in [3.8, 4) is 17.0 Å². The van der Waals surface area contributed by atoms with Gasteiger partial charge in [-0.1, -0.05) is 0 Å². The number of amides is 1. The number of aromatic nitrogens is 2. The number of anilines is 1. The Morgan fingerprint density at radius 2 is 1.97 bits per heavy atom. The molecule has 0 saturated carbocycles. The van der Waals surface area contributed by atoms with Gasteiger partial charge in [-0.15, -0.1) is 11.3 Å². The van der Waals surface area contributed by atoms with Gasteiger partial charge in [-0.3, -0.25) is 14.7 Å². The Bertz CT molecular complexity index is 1200. The number of rotatable bonds is 6. The highest BCUT2D eigenvalue weighted by molar-refractivity contribution is 7.17. The zero-order chi connectivity index (χ0) is 24.5. The Labute approximate surface area is 215 Å². The normalized spacial score (nSPS) is 22.6. The van der Waals surface area contributed by atoms with Crippen LogP contribution in [0.4, 0.5) is 5.69 Å². The Morgan fingerprint density at radius 1 is 1.14 bits per heavy atom. The first-order valence-corrected chi connectivity index (χ1v) is 13.9. The van der Waals surface area contributed by atoms with Crippen molar-refractivity contribution in [1.29, 1.82) is 0 Å². The van der Waals surface area contributed by atoms with Gasteiger partial charge in [0.25, 0.3) is 0 Å². The second kappa shape index (κ2) is 10.3. The van der Waals surface area contributed by atoms with E-state index >= 15 is 0 Å². The molecule has 3 aliphatic heterocycles. The number of hydrogen-bond donors (Lipinski definition) is 1. The summed E-state index contributed by atoms with van der Waals surface area (Å²) < 4.78 is 12.9. The number of nitrogens with one attached hydrogen (secondary N) is 1. The summed E-state index contributed by atoms with van der Waals surface area (Å²) >= 11 is 1.58. The monoisotopic (exact) mass is 507 g/mol. The third-order valence-electron chi connectivity index (χ3n) is 7.81. The van der Waals surface area contributed by atoms with Gasteiger partial charge < -0.3 is 19.7 Å². The summed E-state index contributed by atoms with van der Waals surface area (Å²) in [4.78, 5) is 26.1. The molecular weight excluding hydrogens is 474 g/mol. The van der Waals surface area contributed by atoms with E-state index in [9.17, 15) is 4.79 Å². The van der Waals surface area contributed by atoms with E-state index in [4.69, 9.17) is 14.5 Å². The van der Waals surface area contributed by atoms with E-state index in [0.29, 0.717) is 19.0 Å². The number of fused-ring (bicyclic) bond motifs is 1. The number of hydrogen-bond acceptors (Lipinski definition) is 8. The third kappa shape index (κ3) is 4.92. The van der Waals surface area contributed by atoms with Gasteiger partial charge in [0, 0.05) is 69.9 Å². The Kier molecular flexibility index (Phi) is 6.77. The van der Waals surface area contributed by atoms with E-state index in [1.807, 2.05) is 18.6 Å². The minimum atomic E-state index is -0.0698. The molecule has 1 unspecified atom stereocenters. The van der Waals surface area contributed by atoms with Crippen LogP contribution in [-0.4, -0.2) is 78.9 Å². The average molecular weight is 508 g/mol. The molecule has 0 radical (unpaired) electrons. The van der Waals surface area contributed by atoms with Crippen LogP contribution in [-0.2, 0) is 9.53 Å². The Hall–Kier alpha value is -2.75. The van der Waals surface area contributed by atoms with Crippen molar-refractivity contribution in [1.82, 2.24) is 20.2 Å². The van der Waals surface area contributed by atoms with Gasteiger partial charge in [-0.05, 0) is 44.0 Å². The topological polar surface area (TPSA) is 79.8 Å². The number of carbonyl (C=O) groups excluding carboxylic acids is 1. The van der Waals surface area contributed by atoms with Gasteiger partial charge in [0.05, 0.1) is 33.3 Å². The highest BCUT2D eigenvalue weighted by Gasteiger charge is 2.29. The quantitative estimate of drug-likeness (QED) is 0.547. The van der Waals surface area contributed by atoms with E-state index < -0.39 is 0 Å². The molecule has 2 atom stereocenters. The molecule has 6 rings (SSSR count). The van der Waals surface area contributed by atoms with E-state index in [1.165, 1.54) is 5.69 Å². The molecule has 3 fully saturated rings. The zero-order valence-electron chi connectivity index (χ0n) is 20.7. The van der Waals surface area contributed by atoms with Crippen molar-refractivity contribution < 1.29 is 14.3 Å². The first-order valence-electron chi connectivity index (χ1n) is 13.0. The molecule has 9 heteroatoms. The second-order valence-corrected chi connectivity index (χ2v) is 10.9. The zero-order valence-corrected chi connectivity index (χ0v) is 21.5. The van der Waals surface area contributed by atoms with Gasteiger partial charge >= 0.3 is 0 Å². The first-order chi connectivity index (χ1) is 17.6. The van der Waals surface area contributed by atoms with Crippen molar-refractivity contribution in [3.05, 3.63) is 36.0 Å².